The molecule has 6 heteroatoms. The highest BCUT2D eigenvalue weighted by molar-refractivity contribution is 6.42. The van der Waals surface area contributed by atoms with Crippen LogP contribution in [-0.4, -0.2) is 23.8 Å². The Bertz CT molecular complexity index is 846. The van der Waals surface area contributed by atoms with Crippen molar-refractivity contribution in [2.75, 3.05) is 7.05 Å². The maximum atomic E-state index is 12.7. The zero-order valence-electron chi connectivity index (χ0n) is 15.9. The van der Waals surface area contributed by atoms with Crippen molar-refractivity contribution in [1.82, 2.24) is 10.2 Å². The van der Waals surface area contributed by atoms with E-state index < -0.39 is 0 Å². The van der Waals surface area contributed by atoms with Gasteiger partial charge in [-0.15, -0.1) is 0 Å². The molecule has 0 atom stereocenters. The van der Waals surface area contributed by atoms with Crippen LogP contribution in [-0.2, 0) is 17.9 Å². The van der Waals surface area contributed by atoms with Crippen molar-refractivity contribution in [3.05, 3.63) is 69.2 Å². The first-order valence-corrected chi connectivity index (χ1v) is 10.3. The highest BCUT2D eigenvalue weighted by Crippen LogP contribution is 2.27. The second-order valence-corrected chi connectivity index (χ2v) is 8.06. The summed E-state index contributed by atoms with van der Waals surface area (Å²) in [5, 5.41) is 3.94. The van der Waals surface area contributed by atoms with Gasteiger partial charge in [-0.3, -0.25) is 9.59 Å². The van der Waals surface area contributed by atoms with Gasteiger partial charge in [0.2, 0.25) is 5.91 Å². The van der Waals surface area contributed by atoms with Crippen LogP contribution in [0.15, 0.2) is 42.5 Å². The molecular weight excluding hydrogens is 395 g/mol. The van der Waals surface area contributed by atoms with E-state index >= 15 is 0 Å². The lowest BCUT2D eigenvalue weighted by Gasteiger charge is -2.18. The standard InChI is InChI=1S/C22H24Cl2N2O2/c1-26(14-18-7-4-8-19(23)20(18)24)22(28)17-11-9-15(10-12-17)13-25-21(27)16-5-2-3-6-16/h4,7-12,16H,2-3,5-6,13-14H2,1H3,(H,25,27). The topological polar surface area (TPSA) is 49.4 Å². The van der Waals surface area contributed by atoms with Crippen molar-refractivity contribution in [2.24, 2.45) is 5.92 Å². The smallest absolute Gasteiger partial charge is 0.253 e. The number of amides is 2. The summed E-state index contributed by atoms with van der Waals surface area (Å²) in [5.74, 6) is 0.196. The first-order chi connectivity index (χ1) is 13.5. The van der Waals surface area contributed by atoms with E-state index in [1.165, 1.54) is 0 Å². The predicted octanol–water partition coefficient (Wildman–Crippen LogP) is 5.07. The largest absolute Gasteiger partial charge is 0.352 e. The summed E-state index contributed by atoms with van der Waals surface area (Å²) in [4.78, 5) is 26.4. The lowest BCUT2D eigenvalue weighted by Crippen LogP contribution is -2.29. The van der Waals surface area contributed by atoms with E-state index in [0.29, 0.717) is 28.7 Å². The van der Waals surface area contributed by atoms with E-state index in [4.69, 9.17) is 23.2 Å². The molecule has 0 heterocycles. The van der Waals surface area contributed by atoms with Gasteiger partial charge in [0.15, 0.2) is 0 Å². The predicted molar refractivity (Wildman–Crippen MR) is 113 cm³/mol. The molecule has 0 radical (unpaired) electrons. The van der Waals surface area contributed by atoms with Crippen LogP contribution in [0.3, 0.4) is 0 Å². The van der Waals surface area contributed by atoms with Gasteiger partial charge in [-0.2, -0.15) is 0 Å². The number of benzene rings is 2. The van der Waals surface area contributed by atoms with E-state index in [-0.39, 0.29) is 17.7 Å². The first-order valence-electron chi connectivity index (χ1n) is 9.50. The van der Waals surface area contributed by atoms with Gasteiger partial charge >= 0.3 is 0 Å². The summed E-state index contributed by atoms with van der Waals surface area (Å²) in [6.07, 6.45) is 4.26. The average Bonchev–Trinajstić information content (AvgIpc) is 3.24. The first kappa shape index (κ1) is 20.7. The summed E-state index contributed by atoms with van der Waals surface area (Å²) in [6.45, 7) is 0.856. The maximum Gasteiger partial charge on any atom is 0.253 e. The fourth-order valence-electron chi connectivity index (χ4n) is 3.50. The van der Waals surface area contributed by atoms with Gasteiger partial charge in [-0.1, -0.05) is 60.3 Å². The fraction of sp³-hybridized carbons (Fsp3) is 0.364. The molecule has 28 heavy (non-hydrogen) atoms. The number of rotatable bonds is 6. The Hall–Kier alpha value is -2.04. The molecule has 4 nitrogen and oxygen atoms in total. The van der Waals surface area contributed by atoms with Gasteiger partial charge in [-0.05, 0) is 42.2 Å². The Morgan fingerprint density at radius 2 is 1.75 bits per heavy atom. The number of carbonyl (C=O) groups excluding carboxylic acids is 2. The monoisotopic (exact) mass is 418 g/mol. The molecule has 0 aromatic heterocycles. The zero-order chi connectivity index (χ0) is 20.1. The molecule has 0 saturated heterocycles. The van der Waals surface area contributed by atoms with E-state index in [0.717, 1.165) is 36.8 Å². The Balaban J connectivity index is 1.56. The highest BCUT2D eigenvalue weighted by Gasteiger charge is 2.22. The lowest BCUT2D eigenvalue weighted by molar-refractivity contribution is -0.124. The molecule has 1 saturated carbocycles. The molecule has 1 aliphatic carbocycles. The second kappa shape index (κ2) is 9.44. The molecule has 3 rings (SSSR count). The van der Waals surface area contributed by atoms with Crippen molar-refractivity contribution in [2.45, 2.75) is 38.8 Å². The van der Waals surface area contributed by atoms with Gasteiger partial charge in [0.1, 0.15) is 0 Å². The van der Waals surface area contributed by atoms with E-state index in [1.54, 1.807) is 30.1 Å². The minimum absolute atomic E-state index is 0.0995. The summed E-state index contributed by atoms with van der Waals surface area (Å²) >= 11 is 12.3. The summed E-state index contributed by atoms with van der Waals surface area (Å²) in [5.41, 5.74) is 2.37. The molecule has 148 valence electrons. The molecule has 0 spiro atoms. The van der Waals surface area contributed by atoms with Crippen LogP contribution < -0.4 is 5.32 Å². The minimum atomic E-state index is -0.0995. The molecule has 2 aromatic rings. The van der Waals surface area contributed by atoms with Crippen molar-refractivity contribution in [3.8, 4) is 0 Å². The van der Waals surface area contributed by atoms with Gasteiger partial charge in [0.25, 0.3) is 5.91 Å². The van der Waals surface area contributed by atoms with Crippen LogP contribution in [0.2, 0.25) is 10.0 Å². The summed E-state index contributed by atoms with van der Waals surface area (Å²) in [7, 11) is 1.73. The number of nitrogens with zero attached hydrogens (tertiary/aromatic N) is 1. The molecule has 2 aromatic carbocycles. The third-order valence-corrected chi connectivity index (χ3v) is 6.04. The molecular formula is C22H24Cl2N2O2. The van der Waals surface area contributed by atoms with Crippen molar-refractivity contribution in [3.63, 3.8) is 0 Å². The van der Waals surface area contributed by atoms with E-state index in [2.05, 4.69) is 5.32 Å². The SMILES string of the molecule is CN(Cc1cccc(Cl)c1Cl)C(=O)c1ccc(CNC(=O)C2CCCC2)cc1. The van der Waals surface area contributed by atoms with Crippen LogP contribution in [0.4, 0.5) is 0 Å². The minimum Gasteiger partial charge on any atom is -0.352 e. The van der Waals surface area contributed by atoms with Crippen LogP contribution in [0.5, 0.6) is 0 Å². The zero-order valence-corrected chi connectivity index (χ0v) is 17.4. The molecule has 1 aliphatic rings. The number of hydrogen-bond acceptors (Lipinski definition) is 2. The Labute approximate surface area is 175 Å². The third-order valence-electron chi connectivity index (χ3n) is 5.18. The number of carbonyl (C=O) groups is 2. The maximum absolute atomic E-state index is 12.7. The number of hydrogen-bond donors (Lipinski definition) is 1. The van der Waals surface area contributed by atoms with Crippen LogP contribution in [0.25, 0.3) is 0 Å². The molecule has 0 unspecified atom stereocenters. The fourth-order valence-corrected chi connectivity index (χ4v) is 3.88. The van der Waals surface area contributed by atoms with Crippen LogP contribution >= 0.6 is 23.2 Å². The van der Waals surface area contributed by atoms with E-state index in [9.17, 15) is 9.59 Å². The summed E-state index contributed by atoms with van der Waals surface area (Å²) in [6, 6.07) is 12.7. The highest BCUT2D eigenvalue weighted by atomic mass is 35.5. The Morgan fingerprint density at radius 1 is 1.07 bits per heavy atom. The van der Waals surface area contributed by atoms with Crippen molar-refractivity contribution < 1.29 is 9.59 Å². The molecule has 1 N–H and O–H groups in total. The Kier molecular flexibility index (Phi) is 6.97. The normalized spacial score (nSPS) is 14.1. The van der Waals surface area contributed by atoms with Gasteiger partial charge in [0, 0.05) is 31.6 Å². The third kappa shape index (κ3) is 5.06. The van der Waals surface area contributed by atoms with Crippen molar-refractivity contribution >= 4 is 35.0 Å². The van der Waals surface area contributed by atoms with Gasteiger partial charge < -0.3 is 10.2 Å². The molecule has 0 bridgehead atoms. The lowest BCUT2D eigenvalue weighted by atomic mass is 10.1. The van der Waals surface area contributed by atoms with Crippen LogP contribution in [0.1, 0.15) is 47.2 Å². The number of nitrogens with one attached hydrogen (secondary N) is 1. The summed E-state index contributed by atoms with van der Waals surface area (Å²) < 4.78 is 0. The van der Waals surface area contributed by atoms with Crippen LogP contribution in [0, 0.1) is 5.92 Å². The van der Waals surface area contributed by atoms with E-state index in [1.807, 2.05) is 24.3 Å². The van der Waals surface area contributed by atoms with Gasteiger partial charge in [-0.25, -0.2) is 0 Å². The molecule has 1 fully saturated rings. The average molecular weight is 419 g/mol. The van der Waals surface area contributed by atoms with Gasteiger partial charge in [0.05, 0.1) is 10.0 Å². The quantitative estimate of drug-likeness (QED) is 0.711. The molecule has 0 aliphatic heterocycles. The number of halogens is 2. The Morgan fingerprint density at radius 3 is 2.43 bits per heavy atom. The second-order valence-electron chi connectivity index (χ2n) is 7.27. The molecule has 2 amide bonds. The van der Waals surface area contributed by atoms with Crippen molar-refractivity contribution in [1.29, 1.82) is 0 Å².